The second kappa shape index (κ2) is 4.86. The van der Waals surface area contributed by atoms with Crippen LogP contribution in [-0.4, -0.2) is 18.7 Å². The molecule has 2 aromatic carbocycles. The largest absolute Gasteiger partial charge is 0.385 e. The molecule has 0 aliphatic rings. The van der Waals surface area contributed by atoms with Gasteiger partial charge in [0.05, 0.1) is 5.60 Å². The fourth-order valence-electron chi connectivity index (χ4n) is 2.20. The highest BCUT2D eigenvalue weighted by molar-refractivity contribution is 5.86. The van der Waals surface area contributed by atoms with Crippen molar-refractivity contribution in [3.05, 3.63) is 48.0 Å². The molecule has 0 saturated heterocycles. The fourth-order valence-corrected chi connectivity index (χ4v) is 2.20. The van der Waals surface area contributed by atoms with Gasteiger partial charge in [0.25, 0.3) is 0 Å². The minimum Gasteiger partial charge on any atom is -0.385 e. The monoisotopic (exact) mass is 229 g/mol. The van der Waals surface area contributed by atoms with Gasteiger partial charge in [0.2, 0.25) is 0 Å². The van der Waals surface area contributed by atoms with Crippen LogP contribution in [0.4, 0.5) is 0 Å². The second-order valence-corrected chi connectivity index (χ2v) is 4.65. The first kappa shape index (κ1) is 12.1. The predicted molar refractivity (Wildman–Crippen MR) is 72.1 cm³/mol. The van der Waals surface area contributed by atoms with Crippen LogP contribution in [0.1, 0.15) is 18.9 Å². The van der Waals surface area contributed by atoms with Crippen molar-refractivity contribution < 1.29 is 5.11 Å². The third-order valence-corrected chi connectivity index (χ3v) is 3.23. The molecule has 0 amide bonds. The zero-order valence-electron chi connectivity index (χ0n) is 10.4. The molecule has 0 fully saturated rings. The van der Waals surface area contributed by atoms with Crippen molar-refractivity contribution in [3.8, 4) is 0 Å². The molecule has 2 N–H and O–H groups in total. The zero-order chi connectivity index (χ0) is 12.3. The van der Waals surface area contributed by atoms with E-state index in [1.54, 1.807) is 0 Å². The van der Waals surface area contributed by atoms with E-state index in [0.29, 0.717) is 6.42 Å². The number of rotatable bonds is 4. The summed E-state index contributed by atoms with van der Waals surface area (Å²) in [6, 6.07) is 14.3. The highest BCUT2D eigenvalue weighted by Crippen LogP contribution is 2.30. The van der Waals surface area contributed by atoms with Gasteiger partial charge in [0, 0.05) is 0 Å². The summed E-state index contributed by atoms with van der Waals surface area (Å²) < 4.78 is 0. The molecule has 0 saturated carbocycles. The van der Waals surface area contributed by atoms with Crippen LogP contribution in [-0.2, 0) is 5.60 Å². The molecule has 0 heterocycles. The number of aliphatic hydroxyl groups is 1. The van der Waals surface area contributed by atoms with Crippen LogP contribution < -0.4 is 5.32 Å². The van der Waals surface area contributed by atoms with Crippen LogP contribution in [0.25, 0.3) is 10.8 Å². The minimum atomic E-state index is -0.788. The molecule has 0 aromatic heterocycles. The van der Waals surface area contributed by atoms with Gasteiger partial charge in [-0.15, -0.1) is 0 Å². The summed E-state index contributed by atoms with van der Waals surface area (Å²) >= 11 is 0. The van der Waals surface area contributed by atoms with Crippen LogP contribution in [0.3, 0.4) is 0 Å². The molecule has 17 heavy (non-hydrogen) atoms. The van der Waals surface area contributed by atoms with Crippen molar-refractivity contribution in [2.45, 2.75) is 18.9 Å². The van der Waals surface area contributed by atoms with Gasteiger partial charge >= 0.3 is 0 Å². The van der Waals surface area contributed by atoms with Crippen molar-refractivity contribution in [2.24, 2.45) is 0 Å². The minimum absolute atomic E-state index is 0.706. The van der Waals surface area contributed by atoms with Crippen LogP contribution in [0, 0.1) is 0 Å². The molecule has 0 spiro atoms. The number of hydrogen-bond donors (Lipinski definition) is 2. The third kappa shape index (κ3) is 2.48. The van der Waals surface area contributed by atoms with Gasteiger partial charge in [-0.1, -0.05) is 42.5 Å². The summed E-state index contributed by atoms with van der Waals surface area (Å²) in [5, 5.41) is 16.0. The van der Waals surface area contributed by atoms with E-state index >= 15 is 0 Å². The molecule has 0 aliphatic carbocycles. The SMILES string of the molecule is CNCCC(C)(O)c1cccc2ccccc12. The summed E-state index contributed by atoms with van der Waals surface area (Å²) in [4.78, 5) is 0. The van der Waals surface area contributed by atoms with Gasteiger partial charge in [-0.3, -0.25) is 0 Å². The lowest BCUT2D eigenvalue weighted by Gasteiger charge is -2.25. The molecule has 2 heteroatoms. The Kier molecular flexibility index (Phi) is 3.46. The summed E-state index contributed by atoms with van der Waals surface area (Å²) in [5.41, 5.74) is 0.218. The maximum Gasteiger partial charge on any atom is 0.0886 e. The van der Waals surface area contributed by atoms with Crippen molar-refractivity contribution >= 4 is 10.8 Å². The van der Waals surface area contributed by atoms with E-state index in [1.807, 2.05) is 38.2 Å². The maximum absolute atomic E-state index is 10.6. The fraction of sp³-hybridized carbons (Fsp3) is 0.333. The Morgan fingerprint density at radius 1 is 1.12 bits per heavy atom. The van der Waals surface area contributed by atoms with Crippen molar-refractivity contribution in [1.82, 2.24) is 5.32 Å². The molecule has 0 aliphatic heterocycles. The molecule has 0 bridgehead atoms. The van der Waals surface area contributed by atoms with E-state index in [1.165, 1.54) is 5.39 Å². The molecular formula is C15H19NO. The maximum atomic E-state index is 10.6. The molecule has 1 atom stereocenters. The summed E-state index contributed by atoms with van der Waals surface area (Å²) in [6.07, 6.45) is 0.706. The lowest BCUT2D eigenvalue weighted by atomic mass is 9.88. The van der Waals surface area contributed by atoms with Gasteiger partial charge < -0.3 is 10.4 Å². The Labute approximate surface area is 102 Å². The normalized spacial score (nSPS) is 14.8. The number of nitrogens with one attached hydrogen (secondary N) is 1. The van der Waals surface area contributed by atoms with Crippen LogP contribution in [0.5, 0.6) is 0 Å². The van der Waals surface area contributed by atoms with E-state index in [0.717, 1.165) is 17.5 Å². The topological polar surface area (TPSA) is 32.3 Å². The Balaban J connectivity index is 2.47. The van der Waals surface area contributed by atoms with E-state index in [4.69, 9.17) is 0 Å². The average molecular weight is 229 g/mol. The zero-order valence-corrected chi connectivity index (χ0v) is 10.4. The second-order valence-electron chi connectivity index (χ2n) is 4.65. The van der Waals surface area contributed by atoms with Gasteiger partial charge in [0.1, 0.15) is 0 Å². The van der Waals surface area contributed by atoms with E-state index in [9.17, 15) is 5.11 Å². The number of hydrogen-bond acceptors (Lipinski definition) is 2. The van der Waals surface area contributed by atoms with E-state index < -0.39 is 5.60 Å². The van der Waals surface area contributed by atoms with Crippen molar-refractivity contribution in [2.75, 3.05) is 13.6 Å². The summed E-state index contributed by atoms with van der Waals surface area (Å²) in [5.74, 6) is 0. The highest BCUT2D eigenvalue weighted by atomic mass is 16.3. The first-order chi connectivity index (χ1) is 8.15. The molecule has 90 valence electrons. The van der Waals surface area contributed by atoms with Gasteiger partial charge in [0.15, 0.2) is 0 Å². The lowest BCUT2D eigenvalue weighted by molar-refractivity contribution is 0.0500. The summed E-state index contributed by atoms with van der Waals surface area (Å²) in [6.45, 7) is 2.68. The first-order valence-corrected chi connectivity index (χ1v) is 6.00. The van der Waals surface area contributed by atoms with Gasteiger partial charge in [-0.2, -0.15) is 0 Å². The first-order valence-electron chi connectivity index (χ1n) is 6.00. The lowest BCUT2D eigenvalue weighted by Crippen LogP contribution is -2.26. The average Bonchev–Trinajstić information content (AvgIpc) is 2.36. The standard InChI is InChI=1S/C15H19NO/c1-15(17,10-11-16-2)14-9-5-7-12-6-3-4-8-13(12)14/h3-9,16-17H,10-11H2,1-2H3. The van der Waals surface area contributed by atoms with E-state index in [-0.39, 0.29) is 0 Å². The Bertz CT molecular complexity index is 500. The predicted octanol–water partition coefficient (Wildman–Crippen LogP) is 2.66. The van der Waals surface area contributed by atoms with Crippen LogP contribution in [0.2, 0.25) is 0 Å². The molecule has 2 rings (SSSR count). The van der Waals surface area contributed by atoms with Crippen molar-refractivity contribution in [3.63, 3.8) is 0 Å². The quantitative estimate of drug-likeness (QED) is 0.844. The molecule has 2 nitrogen and oxygen atoms in total. The number of benzene rings is 2. The van der Waals surface area contributed by atoms with Crippen LogP contribution >= 0.6 is 0 Å². The Hall–Kier alpha value is -1.38. The van der Waals surface area contributed by atoms with Crippen molar-refractivity contribution in [1.29, 1.82) is 0 Å². The van der Waals surface area contributed by atoms with Gasteiger partial charge in [-0.25, -0.2) is 0 Å². The number of fused-ring (bicyclic) bond motifs is 1. The summed E-state index contributed by atoms with van der Waals surface area (Å²) in [7, 11) is 1.90. The molecule has 0 radical (unpaired) electrons. The molecular weight excluding hydrogens is 210 g/mol. The smallest absolute Gasteiger partial charge is 0.0886 e. The van der Waals surface area contributed by atoms with Gasteiger partial charge in [-0.05, 0) is 43.3 Å². The Morgan fingerprint density at radius 2 is 1.82 bits per heavy atom. The van der Waals surface area contributed by atoms with E-state index in [2.05, 4.69) is 23.5 Å². The highest BCUT2D eigenvalue weighted by Gasteiger charge is 2.24. The molecule has 2 aromatic rings. The third-order valence-electron chi connectivity index (χ3n) is 3.23. The van der Waals surface area contributed by atoms with Crippen LogP contribution in [0.15, 0.2) is 42.5 Å². The Morgan fingerprint density at radius 3 is 2.59 bits per heavy atom. The molecule has 1 unspecified atom stereocenters.